The molecule has 0 radical (unpaired) electrons. The molecule has 0 amide bonds. The van der Waals surface area contributed by atoms with Crippen LogP contribution in [0.25, 0.3) is 0 Å². The quantitative estimate of drug-likeness (QED) is 0.519. The van der Waals surface area contributed by atoms with E-state index in [4.69, 9.17) is 9.47 Å². The molecule has 0 saturated carbocycles. The number of carbonyl (C=O) groups is 1. The van der Waals surface area contributed by atoms with Crippen LogP contribution < -0.4 is 0 Å². The van der Waals surface area contributed by atoms with E-state index in [1.807, 2.05) is 19.1 Å². The predicted molar refractivity (Wildman–Crippen MR) is 115 cm³/mol. The summed E-state index contributed by atoms with van der Waals surface area (Å²) in [4.78, 5) is 23.0. The van der Waals surface area contributed by atoms with Crippen LogP contribution in [0.5, 0.6) is 0 Å². The van der Waals surface area contributed by atoms with Crippen LogP contribution in [0.2, 0.25) is 0 Å². The van der Waals surface area contributed by atoms with Gasteiger partial charge in [0.05, 0.1) is 17.6 Å². The fourth-order valence-electron chi connectivity index (χ4n) is 3.88. The van der Waals surface area contributed by atoms with Gasteiger partial charge in [0.15, 0.2) is 0 Å². The van der Waals surface area contributed by atoms with E-state index in [0.717, 1.165) is 37.1 Å². The third-order valence-electron chi connectivity index (χ3n) is 5.42. The summed E-state index contributed by atoms with van der Waals surface area (Å²) in [6.45, 7) is 5.30. The average molecular weight is 408 g/mol. The SMILES string of the molecule is CCOC(=O)C1(CCOC)CCCN(Cc2ccc(C#Cc3cncnc3)cc2)C1. The molecule has 30 heavy (non-hydrogen) atoms. The van der Waals surface area contributed by atoms with Crippen molar-refractivity contribution in [2.75, 3.05) is 33.4 Å². The summed E-state index contributed by atoms with van der Waals surface area (Å²) < 4.78 is 10.7. The van der Waals surface area contributed by atoms with Gasteiger partial charge in [-0.05, 0) is 50.4 Å². The van der Waals surface area contributed by atoms with Gasteiger partial charge in [-0.25, -0.2) is 9.97 Å². The van der Waals surface area contributed by atoms with Gasteiger partial charge in [-0.1, -0.05) is 24.0 Å². The van der Waals surface area contributed by atoms with Crippen molar-refractivity contribution >= 4 is 5.97 Å². The van der Waals surface area contributed by atoms with Gasteiger partial charge in [0, 0.05) is 44.8 Å². The predicted octanol–water partition coefficient (Wildman–Crippen LogP) is 3.06. The zero-order chi connectivity index (χ0) is 21.2. The smallest absolute Gasteiger partial charge is 0.313 e. The molecule has 1 unspecified atom stereocenters. The summed E-state index contributed by atoms with van der Waals surface area (Å²) in [5.74, 6) is 6.11. The maximum atomic E-state index is 12.7. The number of ether oxygens (including phenoxy) is 2. The topological polar surface area (TPSA) is 64.6 Å². The number of hydrogen-bond donors (Lipinski definition) is 0. The first-order valence-electron chi connectivity index (χ1n) is 10.4. The summed E-state index contributed by atoms with van der Waals surface area (Å²) in [6, 6.07) is 8.25. The summed E-state index contributed by atoms with van der Waals surface area (Å²) in [5, 5.41) is 0. The highest BCUT2D eigenvalue weighted by Gasteiger charge is 2.43. The lowest BCUT2D eigenvalue weighted by atomic mass is 9.77. The minimum Gasteiger partial charge on any atom is -0.466 e. The second-order valence-corrected chi connectivity index (χ2v) is 7.63. The summed E-state index contributed by atoms with van der Waals surface area (Å²) in [6.07, 6.45) is 7.41. The van der Waals surface area contributed by atoms with E-state index in [9.17, 15) is 4.79 Å². The Balaban J connectivity index is 1.65. The fourth-order valence-corrected chi connectivity index (χ4v) is 3.88. The van der Waals surface area contributed by atoms with Gasteiger partial charge in [0.1, 0.15) is 6.33 Å². The molecule has 158 valence electrons. The largest absolute Gasteiger partial charge is 0.466 e. The number of esters is 1. The van der Waals surface area contributed by atoms with Gasteiger partial charge >= 0.3 is 5.97 Å². The van der Waals surface area contributed by atoms with Crippen LogP contribution in [-0.4, -0.2) is 54.3 Å². The molecule has 3 rings (SSSR count). The maximum absolute atomic E-state index is 12.7. The lowest BCUT2D eigenvalue weighted by Crippen LogP contribution is -2.48. The second kappa shape index (κ2) is 10.9. The molecule has 1 aliphatic heterocycles. The van der Waals surface area contributed by atoms with Crippen LogP contribution in [0.4, 0.5) is 0 Å². The molecule has 6 nitrogen and oxygen atoms in total. The third kappa shape index (κ3) is 5.88. The fraction of sp³-hybridized carbons (Fsp3) is 0.458. The molecule has 1 aromatic heterocycles. The van der Waals surface area contributed by atoms with Crippen LogP contribution in [0.1, 0.15) is 42.9 Å². The van der Waals surface area contributed by atoms with Crippen LogP contribution >= 0.6 is 0 Å². The minimum absolute atomic E-state index is 0.0951. The van der Waals surface area contributed by atoms with Crippen molar-refractivity contribution in [2.24, 2.45) is 5.41 Å². The number of nitrogens with zero attached hydrogens (tertiary/aromatic N) is 3. The molecule has 1 fully saturated rings. The monoisotopic (exact) mass is 407 g/mol. The molecule has 1 aliphatic rings. The Labute approximate surface area is 178 Å². The summed E-state index contributed by atoms with van der Waals surface area (Å²) >= 11 is 0. The van der Waals surface area contributed by atoms with Crippen molar-refractivity contribution in [1.29, 1.82) is 0 Å². The molecule has 0 aliphatic carbocycles. The number of aromatic nitrogens is 2. The van der Waals surface area contributed by atoms with Crippen molar-refractivity contribution in [3.8, 4) is 11.8 Å². The minimum atomic E-state index is -0.479. The normalized spacial score (nSPS) is 19.0. The van der Waals surface area contributed by atoms with E-state index < -0.39 is 5.41 Å². The molecule has 0 N–H and O–H groups in total. The first kappa shape index (κ1) is 21.9. The van der Waals surface area contributed by atoms with Crippen LogP contribution in [0.3, 0.4) is 0 Å². The second-order valence-electron chi connectivity index (χ2n) is 7.63. The van der Waals surface area contributed by atoms with Gasteiger partial charge in [-0.15, -0.1) is 0 Å². The van der Waals surface area contributed by atoms with E-state index in [0.29, 0.717) is 26.2 Å². The number of rotatable bonds is 7. The van der Waals surface area contributed by atoms with E-state index >= 15 is 0 Å². The van der Waals surface area contributed by atoms with Crippen LogP contribution in [0.15, 0.2) is 43.0 Å². The molecule has 2 heterocycles. The molecule has 1 aromatic carbocycles. The molecule has 6 heteroatoms. The van der Waals surface area contributed by atoms with Crippen molar-refractivity contribution in [2.45, 2.75) is 32.7 Å². The number of piperidine rings is 1. The lowest BCUT2D eigenvalue weighted by Gasteiger charge is -2.41. The Morgan fingerprint density at radius 1 is 1.17 bits per heavy atom. The van der Waals surface area contributed by atoms with E-state index in [1.54, 1.807) is 19.5 Å². The number of benzene rings is 1. The number of methoxy groups -OCH3 is 1. The van der Waals surface area contributed by atoms with Gasteiger partial charge in [0.25, 0.3) is 0 Å². The van der Waals surface area contributed by atoms with Crippen LogP contribution in [-0.2, 0) is 20.8 Å². The van der Waals surface area contributed by atoms with E-state index in [1.165, 1.54) is 11.9 Å². The van der Waals surface area contributed by atoms with Crippen molar-refractivity contribution in [3.05, 3.63) is 59.7 Å². The number of likely N-dealkylation sites (tertiary alicyclic amines) is 1. The van der Waals surface area contributed by atoms with Crippen LogP contribution in [0, 0.1) is 17.3 Å². The van der Waals surface area contributed by atoms with Gasteiger partial charge in [0.2, 0.25) is 0 Å². The summed E-state index contributed by atoms with van der Waals surface area (Å²) in [5.41, 5.74) is 2.46. The third-order valence-corrected chi connectivity index (χ3v) is 5.42. The highest BCUT2D eigenvalue weighted by atomic mass is 16.5. The van der Waals surface area contributed by atoms with Gasteiger partial charge < -0.3 is 9.47 Å². The van der Waals surface area contributed by atoms with E-state index in [2.05, 4.69) is 38.8 Å². The Bertz CT molecular complexity index is 874. The number of carbonyl (C=O) groups excluding carboxylic acids is 1. The first-order valence-corrected chi connectivity index (χ1v) is 10.4. The van der Waals surface area contributed by atoms with Crippen molar-refractivity contribution < 1.29 is 14.3 Å². The molecule has 1 atom stereocenters. The van der Waals surface area contributed by atoms with E-state index in [-0.39, 0.29) is 5.97 Å². The van der Waals surface area contributed by atoms with Crippen molar-refractivity contribution in [3.63, 3.8) is 0 Å². The Kier molecular flexibility index (Phi) is 7.95. The Morgan fingerprint density at radius 2 is 1.90 bits per heavy atom. The highest BCUT2D eigenvalue weighted by Crippen LogP contribution is 2.35. The Morgan fingerprint density at radius 3 is 2.60 bits per heavy atom. The van der Waals surface area contributed by atoms with Gasteiger partial charge in [-0.3, -0.25) is 9.69 Å². The molecule has 0 bridgehead atoms. The highest BCUT2D eigenvalue weighted by molar-refractivity contribution is 5.77. The standard InChI is InChI=1S/C24H29N3O3/c1-3-30-23(28)24(12-14-29-2)11-4-13-27(18-24)17-21-8-5-20(6-9-21)7-10-22-15-25-19-26-16-22/h5-6,8-9,15-16,19H,3-4,11-14,17-18H2,1-2H3. The Hall–Kier alpha value is -2.75. The van der Waals surface area contributed by atoms with Gasteiger partial charge in [-0.2, -0.15) is 0 Å². The molecular weight excluding hydrogens is 378 g/mol. The molecule has 0 spiro atoms. The molecule has 1 saturated heterocycles. The average Bonchev–Trinajstić information content (AvgIpc) is 2.78. The molecule has 2 aromatic rings. The lowest BCUT2D eigenvalue weighted by molar-refractivity contribution is -0.160. The van der Waals surface area contributed by atoms with Crippen molar-refractivity contribution in [1.82, 2.24) is 14.9 Å². The zero-order valence-electron chi connectivity index (χ0n) is 17.8. The zero-order valence-corrected chi connectivity index (χ0v) is 17.8. The molecular formula is C24H29N3O3. The summed E-state index contributed by atoms with van der Waals surface area (Å²) in [7, 11) is 1.68. The number of hydrogen-bond acceptors (Lipinski definition) is 6. The first-order chi connectivity index (χ1) is 14.6. The maximum Gasteiger partial charge on any atom is 0.313 e.